The fourth-order valence-electron chi connectivity index (χ4n) is 3.83. The van der Waals surface area contributed by atoms with Crippen molar-refractivity contribution in [1.29, 1.82) is 0 Å². The Morgan fingerprint density at radius 3 is 2.76 bits per heavy atom. The van der Waals surface area contributed by atoms with Crippen LogP contribution in [0.5, 0.6) is 0 Å². The first-order valence-corrected chi connectivity index (χ1v) is 12.8. The quantitative estimate of drug-likeness (QED) is 0.137. The Morgan fingerprint density at radius 1 is 1.41 bits per heavy atom. The van der Waals surface area contributed by atoms with Crippen LogP contribution in [0.1, 0.15) is 12.6 Å². The lowest BCUT2D eigenvalue weighted by atomic mass is 10.0. The van der Waals surface area contributed by atoms with E-state index >= 15 is 0 Å². The summed E-state index contributed by atoms with van der Waals surface area (Å²) in [5.41, 5.74) is 4.45. The van der Waals surface area contributed by atoms with Crippen molar-refractivity contribution in [3.8, 4) is 0 Å². The smallest absolute Gasteiger partial charge is 0.351 e. The van der Waals surface area contributed by atoms with Crippen LogP contribution in [0.15, 0.2) is 52.4 Å². The summed E-state index contributed by atoms with van der Waals surface area (Å²) in [6.07, 6.45) is 4.13. The number of aliphatic carboxylic acids is 2. The molecule has 4 rings (SSSR count). The van der Waals surface area contributed by atoms with Crippen molar-refractivity contribution in [2.45, 2.75) is 36.9 Å². The van der Waals surface area contributed by atoms with Crippen LogP contribution < -0.4 is 20.7 Å². The Bertz CT molecular complexity index is 1300. The Balaban J connectivity index is 1.39. The first-order valence-electron chi connectivity index (χ1n) is 10.9. The monoisotopic (exact) mass is 546 g/mol. The third-order valence-electron chi connectivity index (χ3n) is 5.65. The third-order valence-corrected chi connectivity index (χ3v) is 7.72. The molecule has 0 spiro atoms. The standard InChI is InChI=1S/C22H22N6O7S2/c1-22(20(33)34,7-13-11-37-21(23)25-13)35-24-8-14(29)26-15-17(30)28-16(19(31)32)12(10-36-18(15)28)9-27-5-3-2-4-6-27/h2-6,8,11,15,18H,7,9-10H2,1H3,(H4-,23,25,26,29,31,32,33,34)/t15-,18-,22?/m1/s1. The van der Waals surface area contributed by atoms with E-state index in [1.54, 1.807) is 34.5 Å². The van der Waals surface area contributed by atoms with Crippen molar-refractivity contribution >= 4 is 58.2 Å². The number of carbonyl (C=O) groups is 4. The minimum Gasteiger partial charge on any atom is -0.543 e. The van der Waals surface area contributed by atoms with E-state index in [0.717, 1.165) is 16.2 Å². The first kappa shape index (κ1) is 26.1. The van der Waals surface area contributed by atoms with Crippen molar-refractivity contribution in [3.63, 3.8) is 0 Å². The summed E-state index contributed by atoms with van der Waals surface area (Å²) in [6.45, 7) is 1.54. The van der Waals surface area contributed by atoms with E-state index in [0.29, 0.717) is 23.2 Å². The Morgan fingerprint density at radius 2 is 2.14 bits per heavy atom. The molecule has 1 unspecified atom stereocenters. The lowest BCUT2D eigenvalue weighted by molar-refractivity contribution is -0.689. The number of oxime groups is 1. The highest BCUT2D eigenvalue weighted by molar-refractivity contribution is 8.00. The van der Waals surface area contributed by atoms with Crippen LogP contribution in [0.25, 0.3) is 0 Å². The van der Waals surface area contributed by atoms with E-state index in [4.69, 9.17) is 10.6 Å². The van der Waals surface area contributed by atoms with Crippen LogP contribution in [-0.2, 0) is 37.0 Å². The maximum absolute atomic E-state index is 12.8. The molecule has 4 N–H and O–H groups in total. The zero-order valence-electron chi connectivity index (χ0n) is 19.4. The number of thiazole rings is 1. The molecule has 13 nitrogen and oxygen atoms in total. The van der Waals surface area contributed by atoms with Crippen LogP contribution in [-0.4, -0.2) is 67.7 Å². The molecule has 1 fully saturated rings. The molecule has 15 heteroatoms. The lowest BCUT2D eigenvalue weighted by Gasteiger charge is -2.50. The van der Waals surface area contributed by atoms with Gasteiger partial charge in [0.05, 0.1) is 17.4 Å². The molecule has 0 bridgehead atoms. The number of anilines is 1. The highest BCUT2D eigenvalue weighted by atomic mass is 32.2. The van der Waals surface area contributed by atoms with E-state index < -0.39 is 40.8 Å². The summed E-state index contributed by atoms with van der Waals surface area (Å²) in [5.74, 6) is -3.90. The number of thioether (sulfide) groups is 1. The SMILES string of the molecule is CC(Cc1csc(N)n1)(ON=CC(=O)N[C@@H]1C(=O)N2C(C(=O)[O-])=C(C[n+]3ccccc3)CS[C@H]12)C(=O)O. The minimum absolute atomic E-state index is 0.147. The van der Waals surface area contributed by atoms with Crippen LogP contribution in [0.4, 0.5) is 5.13 Å². The summed E-state index contributed by atoms with van der Waals surface area (Å²) in [6, 6.07) is 4.44. The number of pyridine rings is 1. The predicted molar refractivity (Wildman–Crippen MR) is 130 cm³/mol. The molecular weight excluding hydrogens is 524 g/mol. The summed E-state index contributed by atoms with van der Waals surface area (Å²) in [7, 11) is 0. The number of carbonyl (C=O) groups excluding carboxylic acids is 3. The van der Waals surface area contributed by atoms with Gasteiger partial charge in [0.1, 0.15) is 17.6 Å². The van der Waals surface area contributed by atoms with Gasteiger partial charge in [-0.1, -0.05) is 11.2 Å². The average molecular weight is 547 g/mol. The summed E-state index contributed by atoms with van der Waals surface area (Å²) in [4.78, 5) is 58.9. The van der Waals surface area contributed by atoms with E-state index in [9.17, 15) is 29.4 Å². The fraction of sp³-hybridized carbons (Fsp3) is 0.318. The Kier molecular flexibility index (Phi) is 7.45. The topological polar surface area (TPSA) is 191 Å². The van der Waals surface area contributed by atoms with Crippen LogP contribution in [0.2, 0.25) is 0 Å². The number of nitrogens with one attached hydrogen (secondary N) is 1. The summed E-state index contributed by atoms with van der Waals surface area (Å²) in [5, 5.41) is 28.6. The second-order valence-electron chi connectivity index (χ2n) is 8.40. The van der Waals surface area contributed by atoms with Gasteiger partial charge in [-0.25, -0.2) is 14.3 Å². The molecule has 3 atom stereocenters. The maximum Gasteiger partial charge on any atom is 0.351 e. The van der Waals surface area contributed by atoms with E-state index in [2.05, 4.69) is 15.5 Å². The van der Waals surface area contributed by atoms with Gasteiger partial charge in [0.15, 0.2) is 24.1 Å². The largest absolute Gasteiger partial charge is 0.543 e. The van der Waals surface area contributed by atoms with Crippen LogP contribution >= 0.6 is 23.1 Å². The number of rotatable bonds is 10. The van der Waals surface area contributed by atoms with Gasteiger partial charge in [-0.15, -0.1) is 23.1 Å². The van der Waals surface area contributed by atoms with Crippen molar-refractivity contribution in [2.24, 2.45) is 5.16 Å². The van der Waals surface area contributed by atoms with Gasteiger partial charge in [-0.05, 0) is 6.92 Å². The molecule has 37 heavy (non-hydrogen) atoms. The number of nitrogen functional groups attached to an aromatic ring is 1. The number of carboxylic acid groups (broad SMARTS) is 2. The van der Waals surface area contributed by atoms with E-state index in [-0.39, 0.29) is 23.8 Å². The fourth-order valence-corrected chi connectivity index (χ4v) is 5.73. The molecule has 2 aromatic rings. The van der Waals surface area contributed by atoms with Crippen LogP contribution in [0.3, 0.4) is 0 Å². The number of β-lactam (4-membered cyclic amide) rings is 1. The molecule has 0 aromatic carbocycles. The van der Waals surface area contributed by atoms with Crippen molar-refractivity contribution < 1.29 is 38.8 Å². The molecule has 1 saturated heterocycles. The number of fused-ring (bicyclic) bond motifs is 1. The Hall–Kier alpha value is -3.98. The number of carboxylic acids is 2. The van der Waals surface area contributed by atoms with Gasteiger partial charge in [0.25, 0.3) is 11.8 Å². The van der Waals surface area contributed by atoms with E-state index in [1.165, 1.54) is 18.7 Å². The van der Waals surface area contributed by atoms with Crippen LogP contribution in [0, 0.1) is 0 Å². The van der Waals surface area contributed by atoms with E-state index in [1.807, 2.05) is 6.07 Å². The summed E-state index contributed by atoms with van der Waals surface area (Å²) >= 11 is 2.45. The molecular formula is C22H22N6O7S2. The molecule has 4 heterocycles. The van der Waals surface area contributed by atoms with Gasteiger partial charge in [0, 0.05) is 35.3 Å². The highest BCUT2D eigenvalue weighted by Gasteiger charge is 2.53. The molecule has 2 aromatic heterocycles. The molecule has 0 radical (unpaired) electrons. The number of aromatic nitrogens is 2. The van der Waals surface area contributed by atoms with Crippen molar-refractivity contribution in [3.05, 3.63) is 52.9 Å². The third kappa shape index (κ3) is 5.56. The summed E-state index contributed by atoms with van der Waals surface area (Å²) < 4.78 is 1.79. The van der Waals surface area contributed by atoms with Crippen molar-refractivity contribution in [1.82, 2.24) is 15.2 Å². The maximum atomic E-state index is 12.8. The van der Waals surface area contributed by atoms with Gasteiger partial charge >= 0.3 is 5.97 Å². The average Bonchev–Trinajstić information content (AvgIpc) is 3.26. The van der Waals surface area contributed by atoms with Crippen molar-refractivity contribution in [2.75, 3.05) is 11.5 Å². The predicted octanol–water partition coefficient (Wildman–Crippen LogP) is -1.49. The second kappa shape index (κ2) is 10.6. The molecule has 2 amide bonds. The Labute approximate surface area is 218 Å². The number of nitrogens with zero attached hydrogens (tertiary/aromatic N) is 4. The van der Waals surface area contributed by atoms with Gasteiger partial charge in [-0.2, -0.15) is 0 Å². The molecule has 0 aliphatic carbocycles. The second-order valence-corrected chi connectivity index (χ2v) is 10.4. The minimum atomic E-state index is -1.82. The number of amides is 2. The highest BCUT2D eigenvalue weighted by Crippen LogP contribution is 2.40. The zero-order chi connectivity index (χ0) is 26.7. The molecule has 2 aliphatic rings. The molecule has 0 saturated carbocycles. The zero-order valence-corrected chi connectivity index (χ0v) is 21.0. The van der Waals surface area contributed by atoms with Gasteiger partial charge < -0.3 is 30.9 Å². The lowest BCUT2D eigenvalue weighted by Crippen LogP contribution is -2.71. The number of hydrogen-bond acceptors (Lipinski definition) is 11. The van der Waals surface area contributed by atoms with Gasteiger partial charge in [0.2, 0.25) is 5.60 Å². The first-order chi connectivity index (χ1) is 17.6. The molecule has 194 valence electrons. The van der Waals surface area contributed by atoms with Gasteiger partial charge in [-0.3, -0.25) is 14.5 Å². The number of hydrogen-bond donors (Lipinski definition) is 3. The normalized spacial score (nSPS) is 20.7. The number of nitrogens with two attached hydrogens (primary N) is 1. The molecule has 2 aliphatic heterocycles.